The zero-order chi connectivity index (χ0) is 49.4. The maximum Gasteiger partial charge on any atom is 0.417 e. The van der Waals surface area contributed by atoms with E-state index in [0.29, 0.717) is 79.6 Å². The summed E-state index contributed by atoms with van der Waals surface area (Å²) in [5.74, 6) is -0.454. The fraction of sp³-hybridized carbons (Fsp3) is 0.489. The van der Waals surface area contributed by atoms with Crippen molar-refractivity contribution in [1.82, 2.24) is 28.4 Å². The third kappa shape index (κ3) is 12.9. The summed E-state index contributed by atoms with van der Waals surface area (Å²) in [5, 5.41) is 18.6. The van der Waals surface area contributed by atoms with E-state index in [2.05, 4.69) is 15.5 Å². The highest BCUT2D eigenvalue weighted by Gasteiger charge is 2.40. The number of sulfonamides is 2. The Balaban J connectivity index is 0.000000224. The van der Waals surface area contributed by atoms with Crippen LogP contribution in [0.4, 0.5) is 17.6 Å². The summed E-state index contributed by atoms with van der Waals surface area (Å²) in [5.41, 5.74) is -0.376. The molecule has 2 aliphatic heterocycles. The maximum absolute atomic E-state index is 13.7. The average molecular weight is 1000 g/mol. The SMILES string of the molecule is CC1CCN(C(=O)C(CCn2cccc2C#N)NS(=O)(=O)c2ccc(F)cc2C(F)(F)F)CC1.Cc1cccc(Cl)c1S(=O)(=O)NC(CCn1cccc1C#N)C(=O)N1CC[C@H]2CCCC[C@@H]2C1. The first kappa shape index (κ1) is 52.1. The summed E-state index contributed by atoms with van der Waals surface area (Å²) < 4.78 is 114. The molecular weight excluding hydrogens is 948 g/mol. The van der Waals surface area contributed by atoms with E-state index in [9.17, 15) is 54.5 Å². The minimum atomic E-state index is -5.12. The van der Waals surface area contributed by atoms with Gasteiger partial charge in [-0.2, -0.15) is 33.1 Å². The van der Waals surface area contributed by atoms with Crippen LogP contribution >= 0.6 is 11.6 Å². The van der Waals surface area contributed by atoms with Crippen molar-refractivity contribution in [3.05, 3.63) is 106 Å². The van der Waals surface area contributed by atoms with E-state index in [-0.39, 0.29) is 41.3 Å². The number of hydrogen-bond donors (Lipinski definition) is 2. The van der Waals surface area contributed by atoms with Crippen LogP contribution in [-0.4, -0.2) is 85.8 Å². The number of piperidine rings is 2. The summed E-state index contributed by atoms with van der Waals surface area (Å²) in [4.78, 5) is 29.0. The number of nitrogens with one attached hydrogen (secondary N) is 2. The lowest BCUT2D eigenvalue weighted by atomic mass is 9.75. The molecule has 0 radical (unpaired) electrons. The van der Waals surface area contributed by atoms with Crippen LogP contribution in [-0.2, 0) is 48.9 Å². The van der Waals surface area contributed by atoms with Crippen LogP contribution in [0.3, 0.4) is 0 Å². The van der Waals surface area contributed by atoms with Gasteiger partial charge in [-0.1, -0.05) is 49.9 Å². The van der Waals surface area contributed by atoms with Gasteiger partial charge < -0.3 is 18.9 Å². The first-order chi connectivity index (χ1) is 32.2. The number of aryl methyl sites for hydroxylation is 3. The number of fused-ring (bicyclic) bond motifs is 1. The number of aromatic nitrogens is 2. The number of carbonyl (C=O) groups is 2. The van der Waals surface area contributed by atoms with Crippen molar-refractivity contribution in [3.63, 3.8) is 0 Å². The molecule has 4 atom stereocenters. The number of benzene rings is 2. The minimum Gasteiger partial charge on any atom is -0.341 e. The van der Waals surface area contributed by atoms with Crippen LogP contribution in [0.5, 0.6) is 0 Å². The number of carbonyl (C=O) groups excluding carboxylic acids is 2. The molecule has 1 aliphatic carbocycles. The van der Waals surface area contributed by atoms with E-state index in [0.717, 1.165) is 25.7 Å². The maximum atomic E-state index is 13.7. The molecule has 2 N–H and O–H groups in total. The highest BCUT2D eigenvalue weighted by atomic mass is 35.5. The van der Waals surface area contributed by atoms with Crippen molar-refractivity contribution in [2.24, 2.45) is 17.8 Å². The number of hydrogen-bond acceptors (Lipinski definition) is 8. The molecule has 4 aromatic rings. The Morgan fingerprint density at radius 1 is 0.765 bits per heavy atom. The summed E-state index contributed by atoms with van der Waals surface area (Å²) in [6.45, 7) is 6.26. The van der Waals surface area contributed by atoms with E-state index in [1.165, 1.54) is 34.8 Å². The van der Waals surface area contributed by atoms with Gasteiger partial charge in [0.2, 0.25) is 31.9 Å². The molecule has 2 saturated heterocycles. The summed E-state index contributed by atoms with van der Waals surface area (Å²) in [6, 6.07) is 14.6. The summed E-state index contributed by atoms with van der Waals surface area (Å²) >= 11 is 6.25. The van der Waals surface area contributed by atoms with Gasteiger partial charge in [-0.15, -0.1) is 0 Å². The zero-order valence-electron chi connectivity index (χ0n) is 37.8. The lowest BCUT2D eigenvalue weighted by molar-refractivity contribution is -0.140. The van der Waals surface area contributed by atoms with Gasteiger partial charge in [0.1, 0.15) is 46.3 Å². The number of rotatable bonds is 14. The molecule has 366 valence electrons. The Bertz CT molecular complexity index is 2720. The Hall–Kier alpha value is -5.25. The lowest BCUT2D eigenvalue weighted by Gasteiger charge is -2.42. The molecule has 0 spiro atoms. The summed E-state index contributed by atoms with van der Waals surface area (Å²) in [6.07, 6.45) is 5.55. The Morgan fingerprint density at radius 2 is 1.31 bits per heavy atom. The number of alkyl halides is 3. The third-order valence-electron chi connectivity index (χ3n) is 13.1. The van der Waals surface area contributed by atoms with Gasteiger partial charge in [0, 0.05) is 51.7 Å². The molecule has 3 fully saturated rings. The van der Waals surface area contributed by atoms with Gasteiger partial charge in [0.25, 0.3) is 0 Å². The van der Waals surface area contributed by atoms with Crippen molar-refractivity contribution in [3.8, 4) is 12.1 Å². The molecule has 2 aromatic heterocycles. The average Bonchev–Trinajstić information content (AvgIpc) is 3.97. The monoisotopic (exact) mass is 1000 g/mol. The van der Waals surface area contributed by atoms with Gasteiger partial charge in [-0.3, -0.25) is 9.59 Å². The van der Waals surface area contributed by atoms with Gasteiger partial charge in [-0.25, -0.2) is 21.2 Å². The molecule has 7 rings (SSSR count). The van der Waals surface area contributed by atoms with E-state index in [4.69, 9.17) is 11.6 Å². The molecule has 14 nitrogen and oxygen atoms in total. The second-order valence-corrected chi connectivity index (χ2v) is 21.5. The highest BCUT2D eigenvalue weighted by molar-refractivity contribution is 7.90. The fourth-order valence-electron chi connectivity index (χ4n) is 9.31. The normalized spacial score (nSPS) is 18.9. The number of amides is 2. The predicted molar refractivity (Wildman–Crippen MR) is 245 cm³/mol. The first-order valence-electron chi connectivity index (χ1n) is 22.6. The minimum absolute atomic E-state index is 0.000802. The van der Waals surface area contributed by atoms with E-state index >= 15 is 0 Å². The topological polar surface area (TPSA) is 190 Å². The third-order valence-corrected chi connectivity index (χ3v) is 16.7. The molecule has 3 aliphatic rings. The van der Waals surface area contributed by atoms with E-state index < -0.39 is 60.5 Å². The summed E-state index contributed by atoms with van der Waals surface area (Å²) in [7, 11) is -8.89. The molecule has 2 unspecified atom stereocenters. The van der Waals surface area contributed by atoms with Gasteiger partial charge in [-0.05, 0) is 117 Å². The van der Waals surface area contributed by atoms with Crippen LogP contribution in [0, 0.1) is 53.2 Å². The molecule has 21 heteroatoms. The smallest absolute Gasteiger partial charge is 0.341 e. The quantitative estimate of drug-likeness (QED) is 0.121. The van der Waals surface area contributed by atoms with Crippen molar-refractivity contribution in [2.45, 2.75) is 113 Å². The molecule has 4 heterocycles. The van der Waals surface area contributed by atoms with Gasteiger partial charge >= 0.3 is 6.18 Å². The second-order valence-electron chi connectivity index (χ2n) is 17.7. The number of nitriles is 2. The van der Waals surface area contributed by atoms with Crippen molar-refractivity contribution >= 4 is 43.5 Å². The van der Waals surface area contributed by atoms with Crippen molar-refractivity contribution in [2.75, 3.05) is 26.2 Å². The Kier molecular flexibility index (Phi) is 17.2. The second kappa shape index (κ2) is 22.5. The zero-order valence-corrected chi connectivity index (χ0v) is 40.1. The van der Waals surface area contributed by atoms with Gasteiger partial charge in [0.15, 0.2) is 0 Å². The molecule has 2 aromatic carbocycles. The molecule has 0 bridgehead atoms. The molecule has 1 saturated carbocycles. The van der Waals surface area contributed by atoms with Gasteiger partial charge in [0.05, 0.1) is 15.5 Å². The number of nitrogens with zero attached hydrogens (tertiary/aromatic N) is 6. The fourth-order valence-corrected chi connectivity index (χ4v) is 12.8. The lowest BCUT2D eigenvalue weighted by Crippen LogP contribution is -2.53. The van der Waals surface area contributed by atoms with E-state index in [1.54, 1.807) is 60.3 Å². The number of halogens is 5. The van der Waals surface area contributed by atoms with Crippen LogP contribution in [0.2, 0.25) is 5.02 Å². The predicted octanol–water partition coefficient (Wildman–Crippen LogP) is 7.61. The Labute approximate surface area is 399 Å². The van der Waals surface area contributed by atoms with Crippen molar-refractivity contribution in [1.29, 1.82) is 10.5 Å². The largest absolute Gasteiger partial charge is 0.417 e. The van der Waals surface area contributed by atoms with Crippen LogP contribution in [0.1, 0.15) is 87.2 Å². The van der Waals surface area contributed by atoms with Crippen LogP contribution in [0.15, 0.2) is 82.8 Å². The van der Waals surface area contributed by atoms with Crippen LogP contribution < -0.4 is 9.44 Å². The van der Waals surface area contributed by atoms with E-state index in [1.807, 2.05) is 17.9 Å². The molecular formula is C47H55ClF4N8O6S2. The molecule has 68 heavy (non-hydrogen) atoms. The number of likely N-dealkylation sites (tertiary alicyclic amines) is 2. The van der Waals surface area contributed by atoms with Crippen LogP contribution in [0.25, 0.3) is 0 Å². The first-order valence-corrected chi connectivity index (χ1v) is 25.9. The Morgan fingerprint density at radius 3 is 1.87 bits per heavy atom. The van der Waals surface area contributed by atoms with Crippen molar-refractivity contribution < 1.29 is 44.0 Å². The highest BCUT2D eigenvalue weighted by Crippen LogP contribution is 2.37. The molecule has 2 amide bonds. The standard InChI is InChI=1S/C25H31ClN4O3S.C22H24F4N4O3S/c1-18-6-4-10-22(26)24(18)34(32,33)28-23(12-15-29-13-5-9-21(29)16-27)25(31)30-14-11-19-7-2-3-8-20(19)17-30;1-15-6-10-30(11-7-15)21(31)19(8-12-29-9-2-3-17(29)14-27)28-34(32,33)20-5-4-16(23)13-18(20)22(24,25)26/h4-6,9-10,13,19-20,23,28H,2-3,7-8,11-12,14-15,17H2,1H3;2-5,9,13,15,19,28H,6-8,10-12H2,1H3/t19-,20-,23?;/m1./s1.